The predicted octanol–water partition coefficient (Wildman–Crippen LogP) is 4.30. The highest BCUT2D eigenvalue weighted by atomic mass is 16.5. The molecule has 1 aliphatic heterocycles. The number of amides is 1. The van der Waals surface area contributed by atoms with E-state index >= 15 is 0 Å². The van der Waals surface area contributed by atoms with Gasteiger partial charge in [0.1, 0.15) is 0 Å². The lowest BCUT2D eigenvalue weighted by molar-refractivity contribution is -0.134. The molecule has 1 saturated heterocycles. The monoisotopic (exact) mass is 392 g/mol. The molecule has 0 saturated carbocycles. The van der Waals surface area contributed by atoms with E-state index in [9.17, 15) is 4.79 Å². The largest absolute Gasteiger partial charge is 0.356 e. The van der Waals surface area contributed by atoms with Gasteiger partial charge in [-0.1, -0.05) is 35.0 Å². The average Bonchev–Trinajstić information content (AvgIpc) is 3.25. The molecule has 6 nitrogen and oxygen atoms in total. The van der Waals surface area contributed by atoms with Crippen LogP contribution in [-0.4, -0.2) is 32.3 Å². The summed E-state index contributed by atoms with van der Waals surface area (Å²) in [4.78, 5) is 15.3. The number of aromatic nitrogens is 3. The van der Waals surface area contributed by atoms with Crippen LogP contribution in [0.3, 0.4) is 0 Å². The average molecular weight is 393 g/mol. The first-order valence-corrected chi connectivity index (χ1v) is 10.3. The molecule has 0 bridgehead atoms. The maximum Gasteiger partial charge on any atom is 0.227 e. The SMILES string of the molecule is Cc1ccc(CC(=O)N2CCCCC2c2c(-c3onc(C)c3C)cnn2C)cc1. The Morgan fingerprint density at radius 1 is 1.17 bits per heavy atom. The summed E-state index contributed by atoms with van der Waals surface area (Å²) >= 11 is 0. The Hall–Kier alpha value is -2.89. The van der Waals surface area contributed by atoms with Crippen molar-refractivity contribution in [1.82, 2.24) is 19.8 Å². The lowest BCUT2D eigenvalue weighted by Crippen LogP contribution is -2.40. The van der Waals surface area contributed by atoms with Gasteiger partial charge in [0.05, 0.1) is 35.6 Å². The molecule has 0 radical (unpaired) electrons. The van der Waals surface area contributed by atoms with Crippen molar-refractivity contribution in [2.75, 3.05) is 6.54 Å². The van der Waals surface area contributed by atoms with Crippen LogP contribution in [0.5, 0.6) is 0 Å². The summed E-state index contributed by atoms with van der Waals surface area (Å²) in [5.41, 5.74) is 6.12. The van der Waals surface area contributed by atoms with Gasteiger partial charge in [-0.05, 0) is 45.6 Å². The summed E-state index contributed by atoms with van der Waals surface area (Å²) in [6, 6.07) is 8.20. The summed E-state index contributed by atoms with van der Waals surface area (Å²) in [6.07, 6.45) is 5.31. The molecule has 1 aromatic carbocycles. The third-order valence-corrected chi connectivity index (χ3v) is 6.00. The van der Waals surface area contributed by atoms with Gasteiger partial charge in [0.15, 0.2) is 5.76 Å². The molecular formula is C23H28N4O2. The van der Waals surface area contributed by atoms with Gasteiger partial charge in [0.2, 0.25) is 5.91 Å². The minimum Gasteiger partial charge on any atom is -0.356 e. The van der Waals surface area contributed by atoms with E-state index in [1.54, 1.807) is 0 Å². The highest BCUT2D eigenvalue weighted by Gasteiger charge is 2.33. The molecule has 1 atom stereocenters. The number of nitrogens with zero attached hydrogens (tertiary/aromatic N) is 4. The van der Waals surface area contributed by atoms with Crippen molar-refractivity contribution in [3.8, 4) is 11.3 Å². The van der Waals surface area contributed by atoms with E-state index in [0.717, 1.165) is 59.6 Å². The second-order valence-corrected chi connectivity index (χ2v) is 8.05. The molecule has 1 fully saturated rings. The second kappa shape index (κ2) is 7.85. The molecule has 0 aliphatic carbocycles. The molecule has 3 heterocycles. The van der Waals surface area contributed by atoms with Crippen molar-refractivity contribution in [3.63, 3.8) is 0 Å². The molecule has 1 aliphatic rings. The number of piperidine rings is 1. The van der Waals surface area contributed by atoms with Gasteiger partial charge in [0.25, 0.3) is 0 Å². The highest BCUT2D eigenvalue weighted by Crippen LogP contribution is 2.38. The summed E-state index contributed by atoms with van der Waals surface area (Å²) in [7, 11) is 1.94. The summed E-state index contributed by atoms with van der Waals surface area (Å²) in [6.45, 7) is 6.79. The maximum atomic E-state index is 13.2. The third kappa shape index (κ3) is 3.71. The number of carbonyl (C=O) groups excluding carboxylic acids is 1. The highest BCUT2D eigenvalue weighted by molar-refractivity contribution is 5.80. The molecule has 0 spiro atoms. The molecule has 4 rings (SSSR count). The number of likely N-dealkylation sites (tertiary alicyclic amines) is 1. The van der Waals surface area contributed by atoms with Crippen LogP contribution in [0, 0.1) is 20.8 Å². The zero-order valence-corrected chi connectivity index (χ0v) is 17.6. The Morgan fingerprint density at radius 2 is 1.93 bits per heavy atom. The predicted molar refractivity (Wildman–Crippen MR) is 111 cm³/mol. The van der Waals surface area contributed by atoms with Gasteiger partial charge in [-0.3, -0.25) is 9.48 Å². The second-order valence-electron chi connectivity index (χ2n) is 8.05. The minimum atomic E-state index is -0.00555. The van der Waals surface area contributed by atoms with Crippen molar-refractivity contribution in [2.45, 2.75) is 52.5 Å². The fourth-order valence-corrected chi connectivity index (χ4v) is 4.18. The molecule has 6 heteroatoms. The van der Waals surface area contributed by atoms with Gasteiger partial charge < -0.3 is 9.42 Å². The molecule has 1 unspecified atom stereocenters. The lowest BCUT2D eigenvalue weighted by Gasteiger charge is -2.36. The Balaban J connectivity index is 1.66. The first-order valence-electron chi connectivity index (χ1n) is 10.3. The summed E-state index contributed by atoms with van der Waals surface area (Å²) in [5.74, 6) is 0.915. The van der Waals surface area contributed by atoms with Crippen LogP contribution in [0.4, 0.5) is 0 Å². The van der Waals surface area contributed by atoms with E-state index in [0.29, 0.717) is 6.42 Å². The molecule has 152 valence electrons. The van der Waals surface area contributed by atoms with Gasteiger partial charge in [0, 0.05) is 19.2 Å². The lowest BCUT2D eigenvalue weighted by atomic mass is 9.94. The fourth-order valence-electron chi connectivity index (χ4n) is 4.18. The first kappa shape index (κ1) is 19.4. The number of aryl methyl sites for hydroxylation is 3. The Labute approximate surface area is 171 Å². The Kier molecular flexibility index (Phi) is 5.26. The van der Waals surface area contributed by atoms with Crippen molar-refractivity contribution in [1.29, 1.82) is 0 Å². The number of hydrogen-bond donors (Lipinski definition) is 0. The number of rotatable bonds is 4. The normalized spacial score (nSPS) is 17.0. The smallest absolute Gasteiger partial charge is 0.227 e. The van der Waals surface area contributed by atoms with Gasteiger partial charge in [-0.15, -0.1) is 0 Å². The summed E-state index contributed by atoms with van der Waals surface area (Å²) in [5, 5.41) is 8.61. The van der Waals surface area contributed by atoms with Crippen LogP contribution in [0.1, 0.15) is 53.4 Å². The quantitative estimate of drug-likeness (QED) is 0.664. The zero-order chi connectivity index (χ0) is 20.5. The van der Waals surface area contributed by atoms with E-state index in [2.05, 4.69) is 29.3 Å². The molecule has 3 aromatic rings. The van der Waals surface area contributed by atoms with E-state index < -0.39 is 0 Å². The van der Waals surface area contributed by atoms with E-state index in [1.807, 2.05) is 48.8 Å². The zero-order valence-electron chi connectivity index (χ0n) is 17.6. The first-order chi connectivity index (χ1) is 14.0. The van der Waals surface area contributed by atoms with Crippen molar-refractivity contribution in [3.05, 3.63) is 58.5 Å². The van der Waals surface area contributed by atoms with Crippen molar-refractivity contribution < 1.29 is 9.32 Å². The van der Waals surface area contributed by atoms with E-state index in [-0.39, 0.29) is 11.9 Å². The number of benzene rings is 1. The van der Waals surface area contributed by atoms with Gasteiger partial charge in [-0.25, -0.2) is 0 Å². The van der Waals surface area contributed by atoms with Crippen LogP contribution < -0.4 is 0 Å². The molecular weight excluding hydrogens is 364 g/mol. The Morgan fingerprint density at radius 3 is 2.62 bits per heavy atom. The maximum absolute atomic E-state index is 13.2. The van der Waals surface area contributed by atoms with Gasteiger partial charge in [-0.2, -0.15) is 5.10 Å². The topological polar surface area (TPSA) is 64.2 Å². The van der Waals surface area contributed by atoms with Crippen LogP contribution in [0.25, 0.3) is 11.3 Å². The van der Waals surface area contributed by atoms with Crippen LogP contribution in [0.15, 0.2) is 35.0 Å². The minimum absolute atomic E-state index is 0.00555. The van der Waals surface area contributed by atoms with Crippen LogP contribution in [0.2, 0.25) is 0 Å². The van der Waals surface area contributed by atoms with Crippen molar-refractivity contribution in [2.24, 2.45) is 7.05 Å². The molecule has 0 N–H and O–H groups in total. The van der Waals surface area contributed by atoms with E-state index in [4.69, 9.17) is 4.52 Å². The standard InChI is InChI=1S/C23H28N4O2/c1-15-8-10-18(11-9-15)13-21(28)27-12-6-5-7-20(27)22-19(14-24-26(22)4)23-16(2)17(3)25-29-23/h8-11,14,20H,5-7,12-13H2,1-4H3. The van der Waals surface area contributed by atoms with Crippen LogP contribution >= 0.6 is 0 Å². The molecule has 29 heavy (non-hydrogen) atoms. The Bertz CT molecular complexity index is 1020. The van der Waals surface area contributed by atoms with Crippen LogP contribution in [-0.2, 0) is 18.3 Å². The molecule has 1 amide bonds. The fraction of sp³-hybridized carbons (Fsp3) is 0.435. The number of hydrogen-bond acceptors (Lipinski definition) is 4. The van der Waals surface area contributed by atoms with E-state index in [1.165, 1.54) is 5.56 Å². The van der Waals surface area contributed by atoms with Gasteiger partial charge >= 0.3 is 0 Å². The molecule has 2 aromatic heterocycles. The summed E-state index contributed by atoms with van der Waals surface area (Å²) < 4.78 is 7.51. The van der Waals surface area contributed by atoms with Crippen molar-refractivity contribution >= 4 is 5.91 Å². The third-order valence-electron chi connectivity index (χ3n) is 6.00. The number of carbonyl (C=O) groups is 1.